The average Bonchev–Trinajstić information content (AvgIpc) is 2.15. The summed E-state index contributed by atoms with van der Waals surface area (Å²) in [6.07, 6.45) is 0.0786. The Morgan fingerprint density at radius 2 is 2.31 bits per heavy atom. The van der Waals surface area contributed by atoms with E-state index in [1.54, 1.807) is 0 Å². The number of rotatable bonds is 1. The molecule has 1 aliphatic rings. The molecule has 6 heteroatoms. The summed E-state index contributed by atoms with van der Waals surface area (Å²) in [4.78, 5) is 0.100. The fourth-order valence-corrected chi connectivity index (χ4v) is 3.36. The Morgan fingerprint density at radius 3 is 3.00 bits per heavy atom. The molecule has 0 radical (unpaired) electrons. The van der Waals surface area contributed by atoms with Gasteiger partial charge in [-0.3, -0.25) is 0 Å². The van der Waals surface area contributed by atoms with Crippen molar-refractivity contribution < 1.29 is 12.8 Å². The minimum atomic E-state index is -3.41. The lowest BCUT2D eigenvalue weighted by Crippen LogP contribution is -2.33. The van der Waals surface area contributed by atoms with Crippen LogP contribution in [0.4, 0.5) is 10.1 Å². The standard InChI is InChI=1S/C10H9FN2O2S/c11-7-1-2-10-9(5-7)13-8(3-4-12)6-16(10,14)15/h1-2,5,8,13H,3,6H2. The van der Waals surface area contributed by atoms with Crippen molar-refractivity contribution in [3.05, 3.63) is 24.0 Å². The number of fused-ring (bicyclic) bond motifs is 1. The molecule has 84 valence electrons. The van der Waals surface area contributed by atoms with Crippen LogP contribution >= 0.6 is 0 Å². The number of nitrogens with one attached hydrogen (secondary N) is 1. The van der Waals surface area contributed by atoms with Crippen LogP contribution in [0.25, 0.3) is 0 Å². The number of halogens is 1. The highest BCUT2D eigenvalue weighted by Gasteiger charge is 2.29. The fourth-order valence-electron chi connectivity index (χ4n) is 1.72. The number of hydrogen-bond acceptors (Lipinski definition) is 4. The number of anilines is 1. The molecule has 1 heterocycles. The number of nitriles is 1. The van der Waals surface area contributed by atoms with Gasteiger partial charge in [-0.05, 0) is 18.2 Å². The maximum Gasteiger partial charge on any atom is 0.182 e. The van der Waals surface area contributed by atoms with Crippen molar-refractivity contribution in [3.8, 4) is 6.07 Å². The van der Waals surface area contributed by atoms with Crippen LogP contribution in [0.5, 0.6) is 0 Å². The molecular formula is C10H9FN2O2S. The molecule has 1 aromatic carbocycles. The zero-order chi connectivity index (χ0) is 11.8. The highest BCUT2D eigenvalue weighted by molar-refractivity contribution is 7.91. The summed E-state index contributed by atoms with van der Waals surface area (Å²) in [5, 5.41) is 11.4. The lowest BCUT2D eigenvalue weighted by atomic mass is 10.2. The molecule has 4 nitrogen and oxygen atoms in total. The van der Waals surface area contributed by atoms with E-state index in [-0.39, 0.29) is 22.8 Å². The molecule has 0 amide bonds. The third-order valence-corrected chi connectivity index (χ3v) is 4.26. The molecule has 1 N–H and O–H groups in total. The number of sulfone groups is 1. The van der Waals surface area contributed by atoms with Gasteiger partial charge in [0.25, 0.3) is 0 Å². The highest BCUT2D eigenvalue weighted by atomic mass is 32.2. The Hall–Kier alpha value is -1.61. The second-order valence-corrected chi connectivity index (χ2v) is 5.63. The van der Waals surface area contributed by atoms with Crippen LogP contribution in [-0.4, -0.2) is 20.2 Å². The highest BCUT2D eigenvalue weighted by Crippen LogP contribution is 2.29. The van der Waals surface area contributed by atoms with Gasteiger partial charge >= 0.3 is 0 Å². The minimum Gasteiger partial charge on any atom is -0.379 e. The molecule has 0 bridgehead atoms. The Bertz CT molecular complexity index is 563. The Kier molecular flexibility index (Phi) is 2.56. The minimum absolute atomic E-state index is 0.0786. The molecule has 0 aromatic heterocycles. The van der Waals surface area contributed by atoms with Crippen LogP contribution < -0.4 is 5.32 Å². The van der Waals surface area contributed by atoms with Crippen molar-refractivity contribution in [3.63, 3.8) is 0 Å². The van der Waals surface area contributed by atoms with Crippen molar-refractivity contribution in [1.82, 2.24) is 0 Å². The smallest absolute Gasteiger partial charge is 0.182 e. The van der Waals surface area contributed by atoms with E-state index >= 15 is 0 Å². The van der Waals surface area contributed by atoms with Crippen molar-refractivity contribution in [2.24, 2.45) is 0 Å². The summed E-state index contributed by atoms with van der Waals surface area (Å²) in [5.41, 5.74) is 0.242. The van der Waals surface area contributed by atoms with E-state index < -0.39 is 21.7 Å². The lowest BCUT2D eigenvalue weighted by molar-refractivity contribution is 0.584. The molecule has 1 aromatic rings. The van der Waals surface area contributed by atoms with Gasteiger partial charge in [0.15, 0.2) is 9.84 Å². The molecule has 2 rings (SSSR count). The van der Waals surface area contributed by atoms with E-state index in [1.165, 1.54) is 6.07 Å². The van der Waals surface area contributed by atoms with Crippen LogP contribution in [0.3, 0.4) is 0 Å². The van der Waals surface area contributed by atoms with Gasteiger partial charge in [0.2, 0.25) is 0 Å². The topological polar surface area (TPSA) is 70.0 Å². The predicted molar refractivity (Wildman–Crippen MR) is 56.1 cm³/mol. The number of benzene rings is 1. The maximum absolute atomic E-state index is 13.0. The monoisotopic (exact) mass is 240 g/mol. The SMILES string of the molecule is N#CCC1CS(=O)(=O)c2ccc(F)cc2N1. The number of hydrogen-bond donors (Lipinski definition) is 1. The summed E-state index contributed by atoms with van der Waals surface area (Å²) in [7, 11) is -3.41. The van der Waals surface area contributed by atoms with E-state index in [4.69, 9.17) is 5.26 Å². The van der Waals surface area contributed by atoms with Gasteiger partial charge in [-0.1, -0.05) is 0 Å². The number of nitrogens with zero attached hydrogens (tertiary/aromatic N) is 1. The molecule has 16 heavy (non-hydrogen) atoms. The quantitative estimate of drug-likeness (QED) is 0.751. The van der Waals surface area contributed by atoms with E-state index in [2.05, 4.69) is 5.32 Å². The zero-order valence-corrected chi connectivity index (χ0v) is 9.09. The molecule has 0 aliphatic carbocycles. The summed E-state index contributed by atoms with van der Waals surface area (Å²) < 4.78 is 36.6. The first-order valence-corrected chi connectivity index (χ1v) is 6.34. The Morgan fingerprint density at radius 1 is 1.56 bits per heavy atom. The first-order valence-electron chi connectivity index (χ1n) is 4.69. The molecule has 0 fully saturated rings. The largest absolute Gasteiger partial charge is 0.379 e. The van der Waals surface area contributed by atoms with Gasteiger partial charge in [0, 0.05) is 0 Å². The first-order chi connectivity index (χ1) is 7.53. The molecular weight excluding hydrogens is 231 g/mol. The van der Waals surface area contributed by atoms with Gasteiger partial charge in [0.05, 0.1) is 34.9 Å². The molecule has 0 saturated carbocycles. The van der Waals surface area contributed by atoms with E-state index in [0.29, 0.717) is 0 Å². The van der Waals surface area contributed by atoms with Gasteiger partial charge in [0.1, 0.15) is 5.82 Å². The Labute approximate surface area is 92.6 Å². The van der Waals surface area contributed by atoms with E-state index in [0.717, 1.165) is 12.1 Å². The summed E-state index contributed by atoms with van der Waals surface area (Å²) >= 11 is 0. The van der Waals surface area contributed by atoms with Gasteiger partial charge in [-0.2, -0.15) is 5.26 Å². The lowest BCUT2D eigenvalue weighted by Gasteiger charge is -2.25. The summed E-state index contributed by atoms with van der Waals surface area (Å²) in [6, 6.07) is 4.93. The van der Waals surface area contributed by atoms with Crippen LogP contribution in [0, 0.1) is 17.1 Å². The Balaban J connectivity index is 2.49. The third-order valence-electron chi connectivity index (χ3n) is 2.39. The van der Waals surface area contributed by atoms with Crippen LogP contribution in [-0.2, 0) is 9.84 Å². The second kappa shape index (κ2) is 3.76. The van der Waals surface area contributed by atoms with Crippen LogP contribution in [0.1, 0.15) is 6.42 Å². The second-order valence-electron chi connectivity index (χ2n) is 3.63. The van der Waals surface area contributed by atoms with E-state index in [9.17, 15) is 12.8 Å². The summed E-state index contributed by atoms with van der Waals surface area (Å²) in [5.74, 6) is -0.627. The zero-order valence-electron chi connectivity index (χ0n) is 8.27. The normalized spacial score (nSPS) is 21.6. The first kappa shape index (κ1) is 10.9. The molecule has 0 spiro atoms. The predicted octanol–water partition coefficient (Wildman–Crippen LogP) is 1.31. The molecule has 1 aliphatic heterocycles. The van der Waals surface area contributed by atoms with Crippen LogP contribution in [0.15, 0.2) is 23.1 Å². The van der Waals surface area contributed by atoms with Crippen molar-refractivity contribution >= 4 is 15.5 Å². The van der Waals surface area contributed by atoms with Crippen molar-refractivity contribution in [1.29, 1.82) is 5.26 Å². The third kappa shape index (κ3) is 1.86. The van der Waals surface area contributed by atoms with Crippen molar-refractivity contribution in [2.75, 3.05) is 11.1 Å². The van der Waals surface area contributed by atoms with Crippen LogP contribution in [0.2, 0.25) is 0 Å². The molecule has 1 unspecified atom stereocenters. The summed E-state index contributed by atoms with van der Waals surface area (Å²) in [6.45, 7) is 0. The van der Waals surface area contributed by atoms with Gasteiger partial charge in [-0.15, -0.1) is 0 Å². The van der Waals surface area contributed by atoms with Gasteiger partial charge in [-0.25, -0.2) is 12.8 Å². The van der Waals surface area contributed by atoms with Crippen molar-refractivity contribution in [2.45, 2.75) is 17.4 Å². The molecule has 1 atom stereocenters. The van der Waals surface area contributed by atoms with Gasteiger partial charge < -0.3 is 5.32 Å². The van der Waals surface area contributed by atoms with E-state index in [1.807, 2.05) is 6.07 Å². The maximum atomic E-state index is 13.0. The molecule has 0 saturated heterocycles. The average molecular weight is 240 g/mol. The fraction of sp³-hybridized carbons (Fsp3) is 0.300.